The maximum absolute atomic E-state index is 4.85. The molecule has 2 rings (SSSR count). The molecule has 1 aliphatic heterocycles. The summed E-state index contributed by atoms with van der Waals surface area (Å²) in [5.41, 5.74) is 2.97. The number of hydrogen-bond acceptors (Lipinski definition) is 3. The van der Waals surface area contributed by atoms with Crippen LogP contribution in [0, 0.1) is 5.41 Å². The van der Waals surface area contributed by atoms with Crippen molar-refractivity contribution < 1.29 is 0 Å². The van der Waals surface area contributed by atoms with E-state index in [1.807, 2.05) is 0 Å². The average Bonchev–Trinajstić information content (AvgIpc) is 2.43. The van der Waals surface area contributed by atoms with Crippen LogP contribution in [0.3, 0.4) is 0 Å². The molecule has 1 fully saturated rings. The lowest BCUT2D eigenvalue weighted by Gasteiger charge is -2.39. The number of aryl methyl sites for hydroxylation is 1. The summed E-state index contributed by atoms with van der Waals surface area (Å²) in [7, 11) is 0. The van der Waals surface area contributed by atoms with Crippen molar-refractivity contribution in [3.8, 4) is 0 Å². The molecule has 2 heterocycles. The monoisotopic (exact) mass is 275 g/mol. The van der Waals surface area contributed by atoms with Crippen molar-refractivity contribution in [2.24, 2.45) is 5.41 Å². The number of nitrogens with one attached hydrogen (secondary N) is 1. The first-order valence-corrected chi connectivity index (χ1v) is 7.99. The zero-order valence-corrected chi connectivity index (χ0v) is 13.5. The maximum Gasteiger partial charge on any atom is 0.129 e. The topological polar surface area (TPSA) is 28.2 Å². The summed E-state index contributed by atoms with van der Waals surface area (Å²) < 4.78 is 0. The first kappa shape index (κ1) is 15.3. The molecule has 0 saturated carbocycles. The standard InChI is InChI=1S/C17H29N3/c1-5-15-10-14(12-18-6-2)11-16(19-15)20-9-7-8-17(3,4)13-20/h10-11,18H,5-9,12-13H2,1-4H3. The summed E-state index contributed by atoms with van der Waals surface area (Å²) in [6.45, 7) is 13.3. The highest BCUT2D eigenvalue weighted by atomic mass is 15.2. The van der Waals surface area contributed by atoms with Crippen molar-refractivity contribution in [1.29, 1.82) is 0 Å². The highest BCUT2D eigenvalue weighted by molar-refractivity contribution is 5.43. The molecule has 1 N–H and O–H groups in total. The quantitative estimate of drug-likeness (QED) is 0.893. The van der Waals surface area contributed by atoms with Crippen molar-refractivity contribution in [2.75, 3.05) is 24.5 Å². The summed E-state index contributed by atoms with van der Waals surface area (Å²) >= 11 is 0. The van der Waals surface area contributed by atoms with Crippen molar-refractivity contribution in [3.63, 3.8) is 0 Å². The van der Waals surface area contributed by atoms with Gasteiger partial charge in [-0.25, -0.2) is 4.98 Å². The van der Waals surface area contributed by atoms with E-state index in [0.29, 0.717) is 5.41 Å². The second kappa shape index (κ2) is 6.57. The Kier molecular flexibility index (Phi) is 5.03. The molecule has 1 aromatic heterocycles. The first-order chi connectivity index (χ1) is 9.54. The molecule has 0 aromatic carbocycles. The Bertz CT molecular complexity index is 440. The van der Waals surface area contributed by atoms with E-state index in [0.717, 1.165) is 32.6 Å². The average molecular weight is 275 g/mol. The van der Waals surface area contributed by atoms with Gasteiger partial charge in [-0.3, -0.25) is 0 Å². The molecule has 0 unspecified atom stereocenters. The third-order valence-electron chi connectivity index (χ3n) is 4.09. The van der Waals surface area contributed by atoms with E-state index in [9.17, 15) is 0 Å². The number of pyridine rings is 1. The fourth-order valence-corrected chi connectivity index (χ4v) is 2.97. The predicted octanol–water partition coefficient (Wildman–Crippen LogP) is 3.38. The van der Waals surface area contributed by atoms with Gasteiger partial charge in [-0.15, -0.1) is 0 Å². The summed E-state index contributed by atoms with van der Waals surface area (Å²) in [5, 5.41) is 3.42. The van der Waals surface area contributed by atoms with Crippen LogP contribution in [0.5, 0.6) is 0 Å². The first-order valence-electron chi connectivity index (χ1n) is 7.99. The van der Waals surface area contributed by atoms with Crippen LogP contribution in [0.4, 0.5) is 5.82 Å². The summed E-state index contributed by atoms with van der Waals surface area (Å²) in [6.07, 6.45) is 3.60. The summed E-state index contributed by atoms with van der Waals surface area (Å²) in [5.74, 6) is 1.17. The fourth-order valence-electron chi connectivity index (χ4n) is 2.97. The highest BCUT2D eigenvalue weighted by Crippen LogP contribution is 2.31. The Hall–Kier alpha value is -1.09. The Morgan fingerprint density at radius 3 is 2.75 bits per heavy atom. The zero-order valence-electron chi connectivity index (χ0n) is 13.5. The lowest BCUT2D eigenvalue weighted by molar-refractivity contribution is 0.292. The molecule has 112 valence electrons. The van der Waals surface area contributed by atoms with Gasteiger partial charge in [0, 0.05) is 25.3 Å². The molecule has 3 nitrogen and oxygen atoms in total. The Morgan fingerprint density at radius 1 is 1.30 bits per heavy atom. The number of aromatic nitrogens is 1. The molecule has 0 spiro atoms. The third kappa shape index (κ3) is 3.95. The number of rotatable bonds is 5. The Labute approximate surface area is 123 Å². The van der Waals surface area contributed by atoms with E-state index < -0.39 is 0 Å². The van der Waals surface area contributed by atoms with Gasteiger partial charge in [-0.1, -0.05) is 27.7 Å². The van der Waals surface area contributed by atoms with E-state index >= 15 is 0 Å². The van der Waals surface area contributed by atoms with Crippen LogP contribution < -0.4 is 10.2 Å². The van der Waals surface area contributed by atoms with Crippen molar-refractivity contribution >= 4 is 5.82 Å². The molecule has 1 saturated heterocycles. The van der Waals surface area contributed by atoms with Crippen LogP contribution in [0.15, 0.2) is 12.1 Å². The minimum absolute atomic E-state index is 0.407. The number of piperidine rings is 1. The highest BCUT2D eigenvalue weighted by Gasteiger charge is 2.27. The van der Waals surface area contributed by atoms with Crippen molar-refractivity contribution in [3.05, 3.63) is 23.4 Å². The fraction of sp³-hybridized carbons (Fsp3) is 0.706. The SMILES string of the molecule is CCNCc1cc(CC)nc(N2CCCC(C)(C)C2)c1. The second-order valence-electron chi connectivity index (χ2n) is 6.65. The van der Waals surface area contributed by atoms with Crippen LogP contribution in [0.25, 0.3) is 0 Å². The van der Waals surface area contributed by atoms with E-state index in [1.165, 1.54) is 29.9 Å². The van der Waals surface area contributed by atoms with Crippen LogP contribution in [-0.2, 0) is 13.0 Å². The van der Waals surface area contributed by atoms with E-state index in [4.69, 9.17) is 4.98 Å². The lowest BCUT2D eigenvalue weighted by atomic mass is 9.84. The molecule has 20 heavy (non-hydrogen) atoms. The van der Waals surface area contributed by atoms with Gasteiger partial charge >= 0.3 is 0 Å². The van der Waals surface area contributed by atoms with Gasteiger partial charge in [0.2, 0.25) is 0 Å². The van der Waals surface area contributed by atoms with Crippen LogP contribution >= 0.6 is 0 Å². The molecule has 0 atom stereocenters. The smallest absolute Gasteiger partial charge is 0.129 e. The van der Waals surface area contributed by atoms with Crippen molar-refractivity contribution in [1.82, 2.24) is 10.3 Å². The van der Waals surface area contributed by atoms with Gasteiger partial charge in [0.1, 0.15) is 5.82 Å². The molecule has 0 bridgehead atoms. The molecule has 3 heteroatoms. The van der Waals surface area contributed by atoms with E-state index in [2.05, 4.69) is 50.0 Å². The number of hydrogen-bond donors (Lipinski definition) is 1. The van der Waals surface area contributed by atoms with Crippen LogP contribution in [0.2, 0.25) is 0 Å². The van der Waals surface area contributed by atoms with Gasteiger partial charge in [0.05, 0.1) is 0 Å². The lowest BCUT2D eigenvalue weighted by Crippen LogP contribution is -2.40. The molecule has 1 aromatic rings. The summed E-state index contributed by atoms with van der Waals surface area (Å²) in [6, 6.07) is 4.50. The predicted molar refractivity (Wildman–Crippen MR) is 86.2 cm³/mol. The Morgan fingerprint density at radius 2 is 2.10 bits per heavy atom. The number of nitrogens with zero attached hydrogens (tertiary/aromatic N) is 2. The summed E-state index contributed by atoms with van der Waals surface area (Å²) in [4.78, 5) is 7.32. The van der Waals surface area contributed by atoms with Crippen LogP contribution in [-0.4, -0.2) is 24.6 Å². The molecular weight excluding hydrogens is 246 g/mol. The van der Waals surface area contributed by atoms with E-state index in [1.54, 1.807) is 0 Å². The van der Waals surface area contributed by atoms with Crippen molar-refractivity contribution in [2.45, 2.75) is 53.5 Å². The van der Waals surface area contributed by atoms with Gasteiger partial charge in [-0.05, 0) is 48.9 Å². The zero-order chi connectivity index (χ0) is 14.6. The van der Waals surface area contributed by atoms with Crippen LogP contribution in [0.1, 0.15) is 51.8 Å². The van der Waals surface area contributed by atoms with Gasteiger partial charge in [0.15, 0.2) is 0 Å². The van der Waals surface area contributed by atoms with E-state index in [-0.39, 0.29) is 0 Å². The molecule has 1 aliphatic rings. The molecule has 0 amide bonds. The molecular formula is C17H29N3. The molecule has 0 radical (unpaired) electrons. The number of anilines is 1. The molecule has 0 aliphatic carbocycles. The Balaban J connectivity index is 2.21. The second-order valence-corrected chi connectivity index (χ2v) is 6.65. The van der Waals surface area contributed by atoms with Gasteiger partial charge < -0.3 is 10.2 Å². The largest absolute Gasteiger partial charge is 0.356 e. The minimum Gasteiger partial charge on any atom is -0.356 e. The van der Waals surface area contributed by atoms with Gasteiger partial charge in [0.25, 0.3) is 0 Å². The normalized spacial score (nSPS) is 18.3. The maximum atomic E-state index is 4.85. The van der Waals surface area contributed by atoms with Gasteiger partial charge in [-0.2, -0.15) is 0 Å². The minimum atomic E-state index is 0.407. The third-order valence-corrected chi connectivity index (χ3v) is 4.09.